The van der Waals surface area contributed by atoms with Crippen LogP contribution in [0.5, 0.6) is 5.75 Å². The van der Waals surface area contributed by atoms with E-state index >= 15 is 0 Å². The zero-order chi connectivity index (χ0) is 18.0. The van der Waals surface area contributed by atoms with Gasteiger partial charge in [0, 0.05) is 23.1 Å². The standard InChI is InChI=1S/C20H19N3O2/c1-3-23-17(10-7-13-5-4-6-15(11-13)25-2)19(21)16-9-8-14(20(22)24)12-18(16)23/h4-6,8-9,11-12H,3,21H2,1-2H3,(H2,22,24). The van der Waals surface area contributed by atoms with Crippen LogP contribution in [0.25, 0.3) is 10.9 Å². The van der Waals surface area contributed by atoms with Gasteiger partial charge in [-0.3, -0.25) is 4.79 Å². The molecule has 0 radical (unpaired) electrons. The maximum absolute atomic E-state index is 11.4. The number of carbonyl (C=O) groups is 1. The first kappa shape index (κ1) is 16.5. The highest BCUT2D eigenvalue weighted by atomic mass is 16.5. The van der Waals surface area contributed by atoms with Gasteiger partial charge < -0.3 is 20.8 Å². The monoisotopic (exact) mass is 333 g/mol. The highest BCUT2D eigenvalue weighted by Crippen LogP contribution is 2.29. The normalized spacial score (nSPS) is 10.3. The Morgan fingerprint density at radius 2 is 2.00 bits per heavy atom. The molecule has 0 aliphatic carbocycles. The average Bonchev–Trinajstić information content (AvgIpc) is 2.90. The van der Waals surface area contributed by atoms with Gasteiger partial charge in [-0.05, 0) is 49.2 Å². The topological polar surface area (TPSA) is 83.3 Å². The number of primary amides is 1. The number of nitrogen functional groups attached to an aromatic ring is 1. The SMILES string of the molecule is CCn1c(C#Cc2cccc(OC)c2)c(N)c2ccc(C(N)=O)cc21. The van der Waals surface area contributed by atoms with Crippen molar-refractivity contribution in [2.75, 3.05) is 12.8 Å². The van der Waals surface area contributed by atoms with Gasteiger partial charge in [0.1, 0.15) is 11.4 Å². The Morgan fingerprint density at radius 3 is 2.68 bits per heavy atom. The van der Waals surface area contributed by atoms with Crippen LogP contribution in [-0.2, 0) is 6.54 Å². The number of carbonyl (C=O) groups excluding carboxylic acids is 1. The summed E-state index contributed by atoms with van der Waals surface area (Å²) in [6.45, 7) is 2.69. The molecule has 0 fully saturated rings. The second kappa shape index (κ2) is 6.62. The average molecular weight is 333 g/mol. The molecule has 1 aromatic heterocycles. The van der Waals surface area contributed by atoms with Crippen LogP contribution >= 0.6 is 0 Å². The number of amides is 1. The van der Waals surface area contributed by atoms with Crippen molar-refractivity contribution in [1.29, 1.82) is 0 Å². The Morgan fingerprint density at radius 1 is 1.20 bits per heavy atom. The van der Waals surface area contributed by atoms with Crippen LogP contribution in [0.2, 0.25) is 0 Å². The molecule has 0 aliphatic rings. The first-order chi connectivity index (χ1) is 12.0. The van der Waals surface area contributed by atoms with E-state index < -0.39 is 5.91 Å². The van der Waals surface area contributed by atoms with Crippen molar-refractivity contribution in [2.24, 2.45) is 5.73 Å². The number of anilines is 1. The molecule has 0 saturated carbocycles. The lowest BCUT2D eigenvalue weighted by Crippen LogP contribution is -2.10. The number of aromatic nitrogens is 1. The fourth-order valence-corrected chi connectivity index (χ4v) is 2.82. The van der Waals surface area contributed by atoms with Gasteiger partial charge in [-0.2, -0.15) is 0 Å². The molecule has 0 bridgehead atoms. The van der Waals surface area contributed by atoms with Gasteiger partial charge in [0.05, 0.1) is 18.3 Å². The van der Waals surface area contributed by atoms with E-state index in [0.29, 0.717) is 17.8 Å². The third kappa shape index (κ3) is 3.02. The van der Waals surface area contributed by atoms with Gasteiger partial charge in [0.25, 0.3) is 0 Å². The minimum atomic E-state index is -0.465. The molecular formula is C20H19N3O2. The summed E-state index contributed by atoms with van der Waals surface area (Å²) < 4.78 is 7.21. The minimum absolute atomic E-state index is 0.451. The predicted octanol–water partition coefficient (Wildman–Crippen LogP) is 2.75. The summed E-state index contributed by atoms with van der Waals surface area (Å²) in [5.74, 6) is 6.57. The molecule has 3 rings (SSSR count). The second-order valence-electron chi connectivity index (χ2n) is 5.58. The number of ether oxygens (including phenoxy) is 1. The highest BCUT2D eigenvalue weighted by Gasteiger charge is 2.14. The molecule has 5 heteroatoms. The molecule has 0 atom stereocenters. The Hall–Kier alpha value is -3.39. The summed E-state index contributed by atoms with van der Waals surface area (Å²) in [6, 6.07) is 12.8. The summed E-state index contributed by atoms with van der Waals surface area (Å²) >= 11 is 0. The van der Waals surface area contributed by atoms with Gasteiger partial charge >= 0.3 is 0 Å². The van der Waals surface area contributed by atoms with E-state index in [1.54, 1.807) is 19.2 Å². The van der Waals surface area contributed by atoms with Crippen LogP contribution in [0.3, 0.4) is 0 Å². The van der Waals surface area contributed by atoms with Crippen LogP contribution < -0.4 is 16.2 Å². The number of nitrogens with two attached hydrogens (primary N) is 2. The zero-order valence-corrected chi connectivity index (χ0v) is 14.2. The van der Waals surface area contributed by atoms with E-state index in [-0.39, 0.29) is 0 Å². The fraction of sp³-hybridized carbons (Fsp3) is 0.150. The zero-order valence-electron chi connectivity index (χ0n) is 14.2. The van der Waals surface area contributed by atoms with E-state index in [9.17, 15) is 4.79 Å². The molecule has 5 nitrogen and oxygen atoms in total. The van der Waals surface area contributed by atoms with Gasteiger partial charge in [0.2, 0.25) is 5.91 Å². The molecule has 0 saturated heterocycles. The molecule has 0 unspecified atom stereocenters. The lowest BCUT2D eigenvalue weighted by Gasteiger charge is -2.04. The van der Waals surface area contributed by atoms with Crippen LogP contribution in [0.1, 0.15) is 28.5 Å². The van der Waals surface area contributed by atoms with Crippen LogP contribution in [-0.4, -0.2) is 17.6 Å². The van der Waals surface area contributed by atoms with E-state index in [2.05, 4.69) is 11.8 Å². The Kier molecular flexibility index (Phi) is 4.36. The van der Waals surface area contributed by atoms with Gasteiger partial charge in [0.15, 0.2) is 0 Å². The van der Waals surface area contributed by atoms with Crippen LogP contribution in [0, 0.1) is 11.8 Å². The van der Waals surface area contributed by atoms with Crippen LogP contribution in [0.15, 0.2) is 42.5 Å². The maximum Gasteiger partial charge on any atom is 0.248 e. The number of benzene rings is 2. The van der Waals surface area contributed by atoms with Crippen LogP contribution in [0.4, 0.5) is 5.69 Å². The number of hydrogen-bond donors (Lipinski definition) is 2. The molecule has 3 aromatic rings. The molecule has 4 N–H and O–H groups in total. The molecule has 1 amide bonds. The summed E-state index contributed by atoms with van der Waals surface area (Å²) in [6.07, 6.45) is 0. The number of rotatable bonds is 3. The lowest BCUT2D eigenvalue weighted by molar-refractivity contribution is 0.100. The number of hydrogen-bond acceptors (Lipinski definition) is 3. The van der Waals surface area contributed by atoms with Crippen molar-refractivity contribution in [3.63, 3.8) is 0 Å². The number of fused-ring (bicyclic) bond motifs is 1. The molecule has 2 aromatic carbocycles. The third-order valence-electron chi connectivity index (χ3n) is 4.10. The molecule has 0 aliphatic heterocycles. The summed E-state index contributed by atoms with van der Waals surface area (Å²) in [4.78, 5) is 11.4. The first-order valence-electron chi connectivity index (χ1n) is 7.92. The smallest absolute Gasteiger partial charge is 0.248 e. The van der Waals surface area contributed by atoms with Gasteiger partial charge in [-0.15, -0.1) is 0 Å². The fourth-order valence-electron chi connectivity index (χ4n) is 2.82. The second-order valence-corrected chi connectivity index (χ2v) is 5.58. The third-order valence-corrected chi connectivity index (χ3v) is 4.10. The largest absolute Gasteiger partial charge is 0.497 e. The molecule has 25 heavy (non-hydrogen) atoms. The number of methoxy groups -OCH3 is 1. The van der Waals surface area contributed by atoms with E-state index in [1.807, 2.05) is 41.8 Å². The Labute approximate surface area is 146 Å². The summed E-state index contributed by atoms with van der Waals surface area (Å²) in [5, 5.41) is 0.863. The Balaban J connectivity index is 2.15. The van der Waals surface area contributed by atoms with Crippen molar-refractivity contribution >= 4 is 22.5 Å². The van der Waals surface area contributed by atoms with E-state index in [0.717, 1.165) is 27.9 Å². The molecular weight excluding hydrogens is 314 g/mol. The van der Waals surface area contributed by atoms with Gasteiger partial charge in [-0.25, -0.2) is 0 Å². The molecule has 1 heterocycles. The summed E-state index contributed by atoms with van der Waals surface area (Å²) in [5.41, 5.74) is 15.1. The summed E-state index contributed by atoms with van der Waals surface area (Å²) in [7, 11) is 1.62. The molecule has 126 valence electrons. The van der Waals surface area contributed by atoms with Gasteiger partial charge in [-0.1, -0.05) is 12.0 Å². The predicted molar refractivity (Wildman–Crippen MR) is 99.5 cm³/mol. The maximum atomic E-state index is 11.4. The van der Waals surface area contributed by atoms with Crippen molar-refractivity contribution in [1.82, 2.24) is 4.57 Å². The van der Waals surface area contributed by atoms with Crippen molar-refractivity contribution in [2.45, 2.75) is 13.5 Å². The highest BCUT2D eigenvalue weighted by molar-refractivity contribution is 6.01. The Bertz CT molecular complexity index is 1020. The number of aryl methyl sites for hydroxylation is 1. The van der Waals surface area contributed by atoms with E-state index in [1.165, 1.54) is 0 Å². The minimum Gasteiger partial charge on any atom is -0.497 e. The quantitative estimate of drug-likeness (QED) is 0.723. The number of nitrogens with zero attached hydrogens (tertiary/aromatic N) is 1. The first-order valence-corrected chi connectivity index (χ1v) is 7.92. The van der Waals surface area contributed by atoms with Crippen molar-refractivity contribution < 1.29 is 9.53 Å². The molecule has 0 spiro atoms. The lowest BCUT2D eigenvalue weighted by atomic mass is 10.1. The van der Waals surface area contributed by atoms with Crippen molar-refractivity contribution in [3.8, 4) is 17.6 Å². The van der Waals surface area contributed by atoms with Crippen molar-refractivity contribution in [3.05, 3.63) is 59.3 Å². The van der Waals surface area contributed by atoms with E-state index in [4.69, 9.17) is 16.2 Å².